The highest BCUT2D eigenvalue weighted by Crippen LogP contribution is 2.19. The lowest BCUT2D eigenvalue weighted by atomic mass is 10.0. The fourth-order valence-corrected chi connectivity index (χ4v) is 2.72. The van der Waals surface area contributed by atoms with E-state index in [1.165, 1.54) is 12.0 Å². The van der Waals surface area contributed by atoms with Gasteiger partial charge in [0, 0.05) is 19.6 Å². The first kappa shape index (κ1) is 21.2. The van der Waals surface area contributed by atoms with Gasteiger partial charge in [0.05, 0.1) is 6.04 Å². The van der Waals surface area contributed by atoms with Crippen LogP contribution in [-0.2, 0) is 11.3 Å². The summed E-state index contributed by atoms with van der Waals surface area (Å²) in [5, 5.41) is 6.07. The number of benzene rings is 1. The van der Waals surface area contributed by atoms with Crippen LogP contribution in [-0.4, -0.2) is 43.5 Å². The number of piperidine rings is 1. The van der Waals surface area contributed by atoms with E-state index in [9.17, 15) is 4.79 Å². The van der Waals surface area contributed by atoms with Crippen molar-refractivity contribution in [2.75, 3.05) is 26.7 Å². The van der Waals surface area contributed by atoms with E-state index in [4.69, 9.17) is 0 Å². The summed E-state index contributed by atoms with van der Waals surface area (Å²) in [7, 11) is 1.90. The molecule has 1 aromatic rings. The van der Waals surface area contributed by atoms with Crippen LogP contribution in [0.4, 0.5) is 0 Å². The average molecular weight is 348 g/mol. The average Bonchev–Trinajstić information content (AvgIpc) is 2.49. The van der Waals surface area contributed by atoms with Gasteiger partial charge in [-0.2, -0.15) is 0 Å². The van der Waals surface area contributed by atoms with Crippen LogP contribution >= 0.6 is 24.8 Å². The van der Waals surface area contributed by atoms with Crippen LogP contribution in [0, 0.1) is 0 Å². The molecule has 1 atom stereocenters. The van der Waals surface area contributed by atoms with Crippen LogP contribution in [0.5, 0.6) is 0 Å². The standard InChI is InChI=1S/C16H25N3O.2ClH/c1-17-10-11-18-16(20)15-9-5-6-12-19(15)13-14-7-3-2-4-8-14;;/h2-4,7-8,15,17H,5-6,9-13H2,1H3,(H,18,20);2*1H. The van der Waals surface area contributed by atoms with E-state index in [0.717, 1.165) is 32.5 Å². The van der Waals surface area contributed by atoms with Crippen LogP contribution < -0.4 is 10.6 Å². The Morgan fingerprint density at radius 1 is 1.18 bits per heavy atom. The minimum Gasteiger partial charge on any atom is -0.353 e. The molecule has 0 spiro atoms. The van der Waals surface area contributed by atoms with Crippen molar-refractivity contribution in [2.45, 2.75) is 31.8 Å². The van der Waals surface area contributed by atoms with Gasteiger partial charge in [-0.05, 0) is 32.0 Å². The monoisotopic (exact) mass is 347 g/mol. The molecule has 1 saturated heterocycles. The molecule has 22 heavy (non-hydrogen) atoms. The Morgan fingerprint density at radius 2 is 1.91 bits per heavy atom. The zero-order valence-electron chi connectivity index (χ0n) is 13.1. The van der Waals surface area contributed by atoms with E-state index in [0.29, 0.717) is 6.54 Å². The predicted octanol–water partition coefficient (Wildman–Crippen LogP) is 2.22. The van der Waals surface area contributed by atoms with E-state index >= 15 is 0 Å². The third kappa shape index (κ3) is 6.53. The Labute approximate surface area is 145 Å². The fourth-order valence-electron chi connectivity index (χ4n) is 2.72. The summed E-state index contributed by atoms with van der Waals surface area (Å²) in [6, 6.07) is 10.4. The molecule has 1 aromatic carbocycles. The third-order valence-electron chi connectivity index (χ3n) is 3.82. The van der Waals surface area contributed by atoms with Crippen molar-refractivity contribution in [3.05, 3.63) is 35.9 Å². The maximum Gasteiger partial charge on any atom is 0.237 e. The van der Waals surface area contributed by atoms with E-state index < -0.39 is 0 Å². The quantitative estimate of drug-likeness (QED) is 0.775. The Hall–Kier alpha value is -0.810. The first-order chi connectivity index (χ1) is 9.81. The molecular formula is C16H27Cl2N3O. The van der Waals surface area contributed by atoms with Gasteiger partial charge in [0.15, 0.2) is 0 Å². The molecule has 0 bridgehead atoms. The third-order valence-corrected chi connectivity index (χ3v) is 3.82. The van der Waals surface area contributed by atoms with Gasteiger partial charge in [0.2, 0.25) is 5.91 Å². The van der Waals surface area contributed by atoms with Crippen molar-refractivity contribution >= 4 is 30.7 Å². The molecular weight excluding hydrogens is 321 g/mol. The molecule has 2 rings (SSSR count). The van der Waals surface area contributed by atoms with Crippen molar-refractivity contribution in [3.8, 4) is 0 Å². The number of hydrogen-bond acceptors (Lipinski definition) is 3. The Morgan fingerprint density at radius 3 is 2.59 bits per heavy atom. The molecule has 1 unspecified atom stereocenters. The Kier molecular flexibility index (Phi) is 11.3. The maximum absolute atomic E-state index is 12.3. The van der Waals surface area contributed by atoms with E-state index in [2.05, 4.69) is 39.8 Å². The van der Waals surface area contributed by atoms with E-state index in [1.807, 2.05) is 13.1 Å². The van der Waals surface area contributed by atoms with Gasteiger partial charge in [-0.1, -0.05) is 36.8 Å². The van der Waals surface area contributed by atoms with Gasteiger partial charge in [-0.15, -0.1) is 24.8 Å². The molecule has 4 nitrogen and oxygen atoms in total. The summed E-state index contributed by atoms with van der Waals surface area (Å²) in [6.45, 7) is 3.39. The number of hydrogen-bond donors (Lipinski definition) is 2. The van der Waals surface area contributed by atoms with Gasteiger partial charge < -0.3 is 10.6 Å². The van der Waals surface area contributed by atoms with Crippen molar-refractivity contribution in [1.29, 1.82) is 0 Å². The lowest BCUT2D eigenvalue weighted by molar-refractivity contribution is -0.127. The summed E-state index contributed by atoms with van der Waals surface area (Å²) in [6.07, 6.45) is 3.31. The number of likely N-dealkylation sites (N-methyl/N-ethyl adjacent to an activating group) is 1. The van der Waals surface area contributed by atoms with E-state index in [1.54, 1.807) is 0 Å². The van der Waals surface area contributed by atoms with Crippen LogP contribution in [0.2, 0.25) is 0 Å². The summed E-state index contributed by atoms with van der Waals surface area (Å²) in [4.78, 5) is 14.6. The summed E-state index contributed by atoms with van der Waals surface area (Å²) in [5.74, 6) is 0.177. The second-order valence-electron chi connectivity index (χ2n) is 5.36. The van der Waals surface area contributed by atoms with Crippen LogP contribution in [0.1, 0.15) is 24.8 Å². The molecule has 2 N–H and O–H groups in total. The highest BCUT2D eigenvalue weighted by molar-refractivity contribution is 5.85. The zero-order valence-corrected chi connectivity index (χ0v) is 14.7. The lowest BCUT2D eigenvalue weighted by Crippen LogP contribution is -2.49. The number of rotatable bonds is 6. The molecule has 0 aliphatic carbocycles. The number of nitrogens with zero attached hydrogens (tertiary/aromatic N) is 1. The Balaban J connectivity index is 0.00000220. The zero-order chi connectivity index (χ0) is 14.2. The molecule has 1 aliphatic rings. The lowest BCUT2D eigenvalue weighted by Gasteiger charge is -2.34. The van der Waals surface area contributed by atoms with Crippen LogP contribution in [0.3, 0.4) is 0 Å². The van der Waals surface area contributed by atoms with Gasteiger partial charge in [0.1, 0.15) is 0 Å². The maximum atomic E-state index is 12.3. The summed E-state index contributed by atoms with van der Waals surface area (Å²) < 4.78 is 0. The molecule has 0 radical (unpaired) electrons. The van der Waals surface area contributed by atoms with E-state index in [-0.39, 0.29) is 36.8 Å². The number of likely N-dealkylation sites (tertiary alicyclic amines) is 1. The fraction of sp³-hybridized carbons (Fsp3) is 0.562. The second kappa shape index (κ2) is 11.7. The molecule has 1 aliphatic heterocycles. The van der Waals surface area contributed by atoms with Gasteiger partial charge in [0.25, 0.3) is 0 Å². The van der Waals surface area contributed by atoms with Crippen molar-refractivity contribution < 1.29 is 4.79 Å². The largest absolute Gasteiger partial charge is 0.353 e. The predicted molar refractivity (Wildman–Crippen MR) is 95.9 cm³/mol. The van der Waals surface area contributed by atoms with Gasteiger partial charge >= 0.3 is 0 Å². The van der Waals surface area contributed by atoms with Crippen molar-refractivity contribution in [1.82, 2.24) is 15.5 Å². The molecule has 1 amide bonds. The van der Waals surface area contributed by atoms with Gasteiger partial charge in [-0.25, -0.2) is 0 Å². The van der Waals surface area contributed by atoms with Crippen molar-refractivity contribution in [3.63, 3.8) is 0 Å². The minimum absolute atomic E-state index is 0. The van der Waals surface area contributed by atoms with Crippen molar-refractivity contribution in [2.24, 2.45) is 0 Å². The summed E-state index contributed by atoms with van der Waals surface area (Å²) >= 11 is 0. The highest BCUT2D eigenvalue weighted by atomic mass is 35.5. The normalized spacial score (nSPS) is 18.0. The first-order valence-corrected chi connectivity index (χ1v) is 7.51. The molecule has 126 valence electrons. The molecule has 0 saturated carbocycles. The number of nitrogens with one attached hydrogen (secondary N) is 2. The van der Waals surface area contributed by atoms with Crippen LogP contribution in [0.25, 0.3) is 0 Å². The second-order valence-corrected chi connectivity index (χ2v) is 5.36. The number of carbonyl (C=O) groups is 1. The number of carbonyl (C=O) groups excluding carboxylic acids is 1. The first-order valence-electron chi connectivity index (χ1n) is 7.51. The number of halogens is 2. The topological polar surface area (TPSA) is 44.4 Å². The molecule has 1 heterocycles. The molecule has 6 heteroatoms. The van der Waals surface area contributed by atoms with Gasteiger partial charge in [-0.3, -0.25) is 9.69 Å². The SMILES string of the molecule is CNCCNC(=O)C1CCCCN1Cc1ccccc1.Cl.Cl. The summed E-state index contributed by atoms with van der Waals surface area (Å²) in [5.41, 5.74) is 1.28. The van der Waals surface area contributed by atoms with Crippen LogP contribution in [0.15, 0.2) is 30.3 Å². The highest BCUT2D eigenvalue weighted by Gasteiger charge is 2.28. The smallest absolute Gasteiger partial charge is 0.237 e. The number of amides is 1. The molecule has 1 fully saturated rings. The Bertz CT molecular complexity index is 417. The minimum atomic E-state index is 0. The molecule has 0 aromatic heterocycles.